The van der Waals surface area contributed by atoms with Crippen LogP contribution >= 0.6 is 7.75 Å². The third kappa shape index (κ3) is 8.17. The molecule has 0 aromatic heterocycles. The predicted molar refractivity (Wildman–Crippen MR) is 123 cm³/mol. The van der Waals surface area contributed by atoms with Crippen molar-refractivity contribution in [1.82, 2.24) is 5.09 Å². The van der Waals surface area contributed by atoms with Crippen molar-refractivity contribution in [3.63, 3.8) is 0 Å². The summed E-state index contributed by atoms with van der Waals surface area (Å²) in [4.78, 5) is 34.2. The Hall–Kier alpha value is -3.43. The quantitative estimate of drug-likeness (QED) is 0.186. The largest absolute Gasteiger partial charge is 0.513 e. The fraction of sp³-hybridized carbons (Fsp3) is 0.364. The fourth-order valence-electron chi connectivity index (χ4n) is 2.79. The van der Waals surface area contributed by atoms with E-state index in [0.717, 1.165) is 0 Å². The van der Waals surface area contributed by atoms with E-state index >= 15 is 0 Å². The first kappa shape index (κ1) is 26.8. The Morgan fingerprint density at radius 3 is 2.29 bits per heavy atom. The first-order chi connectivity index (χ1) is 16.2. The van der Waals surface area contributed by atoms with Gasteiger partial charge in [0.1, 0.15) is 17.5 Å². The number of benzene rings is 2. The van der Waals surface area contributed by atoms with E-state index in [1.54, 1.807) is 38.1 Å². The Labute approximate surface area is 197 Å². The number of nitrogens with one attached hydrogen (secondary N) is 1. The van der Waals surface area contributed by atoms with Crippen molar-refractivity contribution in [3.05, 3.63) is 64.2 Å². The van der Waals surface area contributed by atoms with Gasteiger partial charge in [-0.1, -0.05) is 18.2 Å². The number of hydrogen-bond acceptors (Lipinski definition) is 9. The number of carbonyl (C=O) groups excluding carboxylic acids is 2. The number of nitro benzene ring substituents is 1. The Bertz CT molecular complexity index is 1040. The zero-order valence-corrected chi connectivity index (χ0v) is 20.0. The Balaban J connectivity index is 2.31. The Morgan fingerprint density at radius 2 is 1.68 bits per heavy atom. The average Bonchev–Trinajstić information content (AvgIpc) is 2.79. The molecule has 0 amide bonds. The van der Waals surface area contributed by atoms with Crippen LogP contribution in [0.4, 0.5) is 5.69 Å². The molecule has 0 aliphatic carbocycles. The molecule has 1 unspecified atom stereocenters. The molecule has 2 rings (SSSR count). The van der Waals surface area contributed by atoms with Crippen LogP contribution in [0.3, 0.4) is 0 Å². The molecular weight excluding hydrogens is 467 g/mol. The normalized spacial score (nSPS) is 13.3. The number of carbonyl (C=O) groups is 2. The van der Waals surface area contributed by atoms with Crippen LogP contribution in [-0.4, -0.2) is 36.1 Å². The second-order valence-corrected chi connectivity index (χ2v) is 8.56. The number of nitrogens with zero attached hydrogens (tertiary/aromatic N) is 1. The molecule has 0 saturated carbocycles. The third-order valence-corrected chi connectivity index (χ3v) is 5.95. The highest BCUT2D eigenvalue weighted by atomic mass is 31.2. The smallest absolute Gasteiger partial charge is 0.466 e. The second kappa shape index (κ2) is 12.7. The molecule has 0 bridgehead atoms. The summed E-state index contributed by atoms with van der Waals surface area (Å²) in [6.07, 6.45) is 0.328. The van der Waals surface area contributed by atoms with E-state index in [4.69, 9.17) is 18.5 Å². The highest BCUT2D eigenvalue weighted by Crippen LogP contribution is 2.46. The molecule has 0 aliphatic rings. The van der Waals surface area contributed by atoms with Crippen LogP contribution in [0.15, 0.2) is 48.5 Å². The minimum atomic E-state index is -4.26. The second-order valence-electron chi connectivity index (χ2n) is 6.95. The maximum Gasteiger partial charge on any atom is 0.513 e. The lowest BCUT2D eigenvalue weighted by molar-refractivity contribution is -0.384. The van der Waals surface area contributed by atoms with Crippen LogP contribution in [-0.2, 0) is 30.0 Å². The number of rotatable bonds is 13. The first-order valence-electron chi connectivity index (χ1n) is 10.6. The van der Waals surface area contributed by atoms with Crippen LogP contribution in [0, 0.1) is 10.1 Å². The van der Waals surface area contributed by atoms with Gasteiger partial charge in [-0.15, -0.1) is 0 Å². The van der Waals surface area contributed by atoms with Gasteiger partial charge in [0.05, 0.1) is 18.1 Å². The van der Waals surface area contributed by atoms with E-state index in [2.05, 4.69) is 5.09 Å². The molecule has 0 aliphatic heterocycles. The SMILES string of the molecule is CCOC(=O)CCc1ccccc1O[P@@](=O)(NC(C)C(=O)OCC)Oc1ccc([N+](=O)[O-])cc1. The molecule has 2 aromatic carbocycles. The van der Waals surface area contributed by atoms with Crippen molar-refractivity contribution >= 4 is 25.4 Å². The van der Waals surface area contributed by atoms with Gasteiger partial charge in [0.15, 0.2) is 0 Å². The molecule has 1 N–H and O–H groups in total. The van der Waals surface area contributed by atoms with Gasteiger partial charge >= 0.3 is 19.7 Å². The summed E-state index contributed by atoms with van der Waals surface area (Å²) in [6.45, 7) is 5.14. The van der Waals surface area contributed by atoms with Gasteiger partial charge in [0.25, 0.3) is 5.69 Å². The van der Waals surface area contributed by atoms with Gasteiger partial charge in [-0.3, -0.25) is 19.7 Å². The standard InChI is InChI=1S/C22H27N2O9P/c1-4-30-21(25)15-10-17-8-6-7-9-20(17)33-34(29,23-16(3)22(26)31-5-2)32-19-13-11-18(12-14-19)24(27)28/h6-9,11-14,16H,4-5,10,15H2,1-3H3,(H,23,29)/t16?,34-/m1/s1. The van der Waals surface area contributed by atoms with Gasteiger partial charge in [-0.25, -0.2) is 4.57 Å². The molecule has 34 heavy (non-hydrogen) atoms. The van der Waals surface area contributed by atoms with E-state index in [9.17, 15) is 24.3 Å². The van der Waals surface area contributed by atoms with Crippen LogP contribution in [0.2, 0.25) is 0 Å². The Morgan fingerprint density at radius 1 is 1.03 bits per heavy atom. The number of nitro groups is 1. The molecule has 11 nitrogen and oxygen atoms in total. The summed E-state index contributed by atoms with van der Waals surface area (Å²) < 4.78 is 34.9. The summed E-state index contributed by atoms with van der Waals surface area (Å²) in [5.41, 5.74) is 0.383. The van der Waals surface area contributed by atoms with Crippen molar-refractivity contribution < 1.29 is 37.6 Å². The number of esters is 2. The minimum Gasteiger partial charge on any atom is -0.466 e. The maximum absolute atomic E-state index is 13.7. The minimum absolute atomic E-state index is 0.0153. The van der Waals surface area contributed by atoms with Crippen molar-refractivity contribution in [2.45, 2.75) is 39.7 Å². The van der Waals surface area contributed by atoms with Gasteiger partial charge in [-0.2, -0.15) is 5.09 Å². The van der Waals surface area contributed by atoms with Gasteiger partial charge in [-0.05, 0) is 51.0 Å². The topological polar surface area (TPSA) is 143 Å². The number of non-ortho nitro benzene ring substituents is 1. The molecule has 0 spiro atoms. The highest BCUT2D eigenvalue weighted by Gasteiger charge is 2.34. The van der Waals surface area contributed by atoms with Gasteiger partial charge < -0.3 is 18.5 Å². The Kier molecular flexibility index (Phi) is 10.0. The number of ether oxygens (including phenoxy) is 2. The zero-order chi connectivity index (χ0) is 25.1. The molecule has 0 heterocycles. The lowest BCUT2D eigenvalue weighted by Gasteiger charge is -2.24. The van der Waals surface area contributed by atoms with Crippen LogP contribution < -0.4 is 14.1 Å². The van der Waals surface area contributed by atoms with Crippen molar-refractivity contribution in [2.24, 2.45) is 0 Å². The molecular formula is C22H27N2O9P. The third-order valence-electron chi connectivity index (χ3n) is 4.36. The van der Waals surface area contributed by atoms with Crippen LogP contribution in [0.1, 0.15) is 32.8 Å². The summed E-state index contributed by atoms with van der Waals surface area (Å²) in [7, 11) is -4.26. The number of hydrogen-bond donors (Lipinski definition) is 1. The lowest BCUT2D eigenvalue weighted by atomic mass is 10.1. The average molecular weight is 494 g/mol. The summed E-state index contributed by atoms with van der Waals surface area (Å²) in [5, 5.41) is 13.4. The van der Waals surface area contributed by atoms with E-state index in [1.165, 1.54) is 31.2 Å². The van der Waals surface area contributed by atoms with Crippen LogP contribution in [0.5, 0.6) is 11.5 Å². The summed E-state index contributed by atoms with van der Waals surface area (Å²) >= 11 is 0. The van der Waals surface area contributed by atoms with E-state index < -0.39 is 30.7 Å². The van der Waals surface area contributed by atoms with Gasteiger partial charge in [0, 0.05) is 18.6 Å². The molecule has 0 saturated heterocycles. The predicted octanol–water partition coefficient (Wildman–Crippen LogP) is 4.20. The zero-order valence-electron chi connectivity index (χ0n) is 19.1. The summed E-state index contributed by atoms with van der Waals surface area (Å²) in [6, 6.07) is 10.4. The van der Waals surface area contributed by atoms with Crippen molar-refractivity contribution in [3.8, 4) is 11.5 Å². The van der Waals surface area contributed by atoms with Crippen molar-refractivity contribution in [1.29, 1.82) is 0 Å². The number of para-hydroxylation sites is 1. The monoisotopic (exact) mass is 494 g/mol. The fourth-order valence-corrected chi connectivity index (χ4v) is 4.35. The highest BCUT2D eigenvalue weighted by molar-refractivity contribution is 7.52. The molecule has 2 aromatic rings. The van der Waals surface area contributed by atoms with E-state index in [0.29, 0.717) is 5.56 Å². The molecule has 2 atom stereocenters. The van der Waals surface area contributed by atoms with E-state index in [1.807, 2.05) is 0 Å². The maximum atomic E-state index is 13.7. The van der Waals surface area contributed by atoms with Gasteiger partial charge in [0.2, 0.25) is 0 Å². The molecule has 0 fully saturated rings. The molecule has 0 radical (unpaired) electrons. The molecule has 184 valence electrons. The number of aryl methyl sites for hydroxylation is 1. The van der Waals surface area contributed by atoms with Crippen molar-refractivity contribution in [2.75, 3.05) is 13.2 Å². The van der Waals surface area contributed by atoms with E-state index in [-0.39, 0.29) is 43.2 Å². The molecule has 12 heteroatoms. The first-order valence-corrected chi connectivity index (χ1v) is 12.1. The van der Waals surface area contributed by atoms with Crippen LogP contribution in [0.25, 0.3) is 0 Å². The summed E-state index contributed by atoms with van der Waals surface area (Å²) in [5.74, 6) is -0.881. The lowest BCUT2D eigenvalue weighted by Crippen LogP contribution is -2.35.